The van der Waals surface area contributed by atoms with Gasteiger partial charge in [0.1, 0.15) is 11.4 Å². The van der Waals surface area contributed by atoms with E-state index in [4.69, 9.17) is 9.47 Å². The molecule has 0 radical (unpaired) electrons. The number of carbonyl (C=O) groups excluding carboxylic acids is 3. The number of rotatable bonds is 7. The summed E-state index contributed by atoms with van der Waals surface area (Å²) in [6, 6.07) is 5.61. The van der Waals surface area contributed by atoms with Gasteiger partial charge < -0.3 is 19.8 Å². The molecular formula is C19H21N3O7. The number of nitro groups is 1. The SMILES string of the molecule is CCOC(=O)c1c(C)[nH]c(C(=O)OC(C)C(=O)Nc2ccccc2[N+](=O)[O-])c1C. The molecule has 1 amide bonds. The van der Waals surface area contributed by atoms with E-state index in [0.717, 1.165) is 0 Å². The first kappa shape index (κ1) is 21.6. The standard InChI is InChI=1S/C19H21N3O7/c1-5-28-18(24)15-10(2)16(20-11(15)3)19(25)29-12(4)17(23)21-13-8-6-7-9-14(13)22(26)27/h6-9,12,20H,5H2,1-4H3,(H,21,23). The van der Waals surface area contributed by atoms with Gasteiger partial charge in [-0.1, -0.05) is 12.1 Å². The number of benzene rings is 1. The Morgan fingerprint density at radius 2 is 1.86 bits per heavy atom. The number of anilines is 1. The van der Waals surface area contributed by atoms with E-state index in [1.54, 1.807) is 20.8 Å². The molecule has 0 saturated heterocycles. The van der Waals surface area contributed by atoms with Crippen molar-refractivity contribution in [2.75, 3.05) is 11.9 Å². The lowest BCUT2D eigenvalue weighted by Gasteiger charge is -2.13. The summed E-state index contributed by atoms with van der Waals surface area (Å²) < 4.78 is 10.1. The Kier molecular flexibility index (Phi) is 6.71. The molecule has 0 aliphatic heterocycles. The van der Waals surface area contributed by atoms with Crippen molar-refractivity contribution < 1.29 is 28.8 Å². The summed E-state index contributed by atoms with van der Waals surface area (Å²) in [7, 11) is 0. The number of aromatic amines is 1. The van der Waals surface area contributed by atoms with Crippen LogP contribution in [0.3, 0.4) is 0 Å². The number of amides is 1. The van der Waals surface area contributed by atoms with Crippen LogP contribution in [0.1, 0.15) is 46.0 Å². The monoisotopic (exact) mass is 403 g/mol. The van der Waals surface area contributed by atoms with Gasteiger partial charge in [0, 0.05) is 11.8 Å². The first-order valence-electron chi connectivity index (χ1n) is 8.78. The third-order valence-electron chi connectivity index (χ3n) is 4.13. The fraction of sp³-hybridized carbons (Fsp3) is 0.316. The predicted molar refractivity (Wildman–Crippen MR) is 103 cm³/mol. The van der Waals surface area contributed by atoms with Crippen LogP contribution in [0.2, 0.25) is 0 Å². The summed E-state index contributed by atoms with van der Waals surface area (Å²) in [4.78, 5) is 50.0. The normalized spacial score (nSPS) is 11.4. The van der Waals surface area contributed by atoms with Crippen LogP contribution in [-0.4, -0.2) is 40.5 Å². The second-order valence-electron chi connectivity index (χ2n) is 6.16. The van der Waals surface area contributed by atoms with Gasteiger partial charge >= 0.3 is 11.9 Å². The number of nitro benzene ring substituents is 1. The third kappa shape index (κ3) is 4.78. The molecule has 1 heterocycles. The number of nitrogens with zero attached hydrogens (tertiary/aromatic N) is 1. The Balaban J connectivity index is 2.13. The van der Waals surface area contributed by atoms with Crippen LogP contribution in [0.25, 0.3) is 0 Å². The number of aromatic nitrogens is 1. The molecule has 0 fully saturated rings. The first-order valence-corrected chi connectivity index (χ1v) is 8.78. The summed E-state index contributed by atoms with van der Waals surface area (Å²) >= 11 is 0. The fourth-order valence-electron chi connectivity index (χ4n) is 2.71. The van der Waals surface area contributed by atoms with Crippen LogP contribution in [0.4, 0.5) is 11.4 Å². The molecule has 1 unspecified atom stereocenters. The van der Waals surface area contributed by atoms with Crippen molar-refractivity contribution in [1.29, 1.82) is 0 Å². The van der Waals surface area contributed by atoms with Crippen LogP contribution in [0.5, 0.6) is 0 Å². The van der Waals surface area contributed by atoms with E-state index in [2.05, 4.69) is 10.3 Å². The van der Waals surface area contributed by atoms with Crippen molar-refractivity contribution in [2.24, 2.45) is 0 Å². The number of para-hydroxylation sites is 2. The van der Waals surface area contributed by atoms with Crippen molar-refractivity contribution in [3.63, 3.8) is 0 Å². The highest BCUT2D eigenvalue weighted by atomic mass is 16.6. The highest BCUT2D eigenvalue weighted by Crippen LogP contribution is 2.24. The van der Waals surface area contributed by atoms with E-state index in [1.165, 1.54) is 31.2 Å². The average molecular weight is 403 g/mol. The Bertz CT molecular complexity index is 965. The molecule has 10 heteroatoms. The highest BCUT2D eigenvalue weighted by Gasteiger charge is 2.27. The lowest BCUT2D eigenvalue weighted by atomic mass is 10.1. The van der Waals surface area contributed by atoms with E-state index in [9.17, 15) is 24.5 Å². The molecule has 154 valence electrons. The maximum atomic E-state index is 12.5. The van der Waals surface area contributed by atoms with Crippen LogP contribution >= 0.6 is 0 Å². The van der Waals surface area contributed by atoms with Gasteiger partial charge in [-0.05, 0) is 39.3 Å². The zero-order chi connectivity index (χ0) is 21.7. The molecule has 0 saturated carbocycles. The highest BCUT2D eigenvalue weighted by molar-refractivity contribution is 6.01. The Morgan fingerprint density at radius 1 is 1.21 bits per heavy atom. The van der Waals surface area contributed by atoms with E-state index in [-0.39, 0.29) is 29.2 Å². The molecule has 0 bridgehead atoms. The number of esters is 2. The lowest BCUT2D eigenvalue weighted by Crippen LogP contribution is -2.30. The molecule has 0 spiro atoms. The average Bonchev–Trinajstić information content (AvgIpc) is 2.96. The number of carbonyl (C=O) groups is 3. The minimum atomic E-state index is -1.24. The smallest absolute Gasteiger partial charge is 0.355 e. The van der Waals surface area contributed by atoms with Gasteiger partial charge in [0.05, 0.1) is 17.1 Å². The molecule has 2 rings (SSSR count). The van der Waals surface area contributed by atoms with Gasteiger partial charge in [-0.15, -0.1) is 0 Å². The lowest BCUT2D eigenvalue weighted by molar-refractivity contribution is -0.383. The second-order valence-corrected chi connectivity index (χ2v) is 6.16. The predicted octanol–water partition coefficient (Wildman–Crippen LogP) is 2.90. The van der Waals surface area contributed by atoms with Gasteiger partial charge in [0.25, 0.3) is 11.6 Å². The van der Waals surface area contributed by atoms with Gasteiger partial charge in [0.2, 0.25) is 0 Å². The summed E-state index contributed by atoms with van der Waals surface area (Å²) in [5.41, 5.74) is 0.741. The van der Waals surface area contributed by atoms with Crippen LogP contribution < -0.4 is 5.32 Å². The number of hydrogen-bond acceptors (Lipinski definition) is 7. The quantitative estimate of drug-likeness (QED) is 0.411. The third-order valence-corrected chi connectivity index (χ3v) is 4.13. The zero-order valence-electron chi connectivity index (χ0n) is 16.4. The maximum Gasteiger partial charge on any atom is 0.355 e. The minimum absolute atomic E-state index is 0.0121. The molecule has 2 N–H and O–H groups in total. The molecule has 1 aromatic carbocycles. The number of hydrogen-bond donors (Lipinski definition) is 2. The minimum Gasteiger partial charge on any atom is -0.462 e. The molecule has 0 aliphatic rings. The van der Waals surface area contributed by atoms with Gasteiger partial charge in [-0.3, -0.25) is 14.9 Å². The topological polar surface area (TPSA) is 141 Å². The summed E-state index contributed by atoms with van der Waals surface area (Å²) in [5, 5.41) is 13.4. The van der Waals surface area contributed by atoms with E-state index < -0.39 is 28.9 Å². The summed E-state index contributed by atoms with van der Waals surface area (Å²) in [5.74, 6) is -2.15. The van der Waals surface area contributed by atoms with E-state index in [0.29, 0.717) is 11.3 Å². The first-order chi connectivity index (χ1) is 13.7. The molecule has 0 aliphatic carbocycles. The number of ether oxygens (including phenoxy) is 2. The van der Waals surface area contributed by atoms with Gasteiger partial charge in [0.15, 0.2) is 6.10 Å². The van der Waals surface area contributed by atoms with Crippen LogP contribution in [0, 0.1) is 24.0 Å². The summed E-state index contributed by atoms with van der Waals surface area (Å²) in [6.45, 7) is 6.36. The van der Waals surface area contributed by atoms with Crippen LogP contribution in [-0.2, 0) is 14.3 Å². The molecule has 2 aromatic rings. The number of H-pyrrole nitrogens is 1. The number of nitrogens with one attached hydrogen (secondary N) is 2. The molecule has 1 atom stereocenters. The molecular weight excluding hydrogens is 382 g/mol. The molecule has 1 aromatic heterocycles. The summed E-state index contributed by atoms with van der Waals surface area (Å²) in [6.07, 6.45) is -1.24. The largest absolute Gasteiger partial charge is 0.462 e. The van der Waals surface area contributed by atoms with Crippen molar-refractivity contribution in [2.45, 2.75) is 33.8 Å². The van der Waals surface area contributed by atoms with Crippen molar-refractivity contribution in [3.8, 4) is 0 Å². The molecule has 10 nitrogen and oxygen atoms in total. The van der Waals surface area contributed by atoms with E-state index in [1.807, 2.05) is 0 Å². The fourth-order valence-corrected chi connectivity index (χ4v) is 2.71. The van der Waals surface area contributed by atoms with Crippen molar-refractivity contribution in [3.05, 3.63) is 56.9 Å². The number of aryl methyl sites for hydroxylation is 1. The maximum absolute atomic E-state index is 12.5. The van der Waals surface area contributed by atoms with Crippen LogP contribution in [0.15, 0.2) is 24.3 Å². The Hall–Kier alpha value is -3.69. The Morgan fingerprint density at radius 3 is 2.48 bits per heavy atom. The molecule has 29 heavy (non-hydrogen) atoms. The second kappa shape index (κ2) is 9.00. The van der Waals surface area contributed by atoms with E-state index >= 15 is 0 Å². The van der Waals surface area contributed by atoms with Crippen molar-refractivity contribution in [1.82, 2.24) is 4.98 Å². The van der Waals surface area contributed by atoms with Gasteiger partial charge in [-0.2, -0.15) is 0 Å². The van der Waals surface area contributed by atoms with Crippen molar-refractivity contribution >= 4 is 29.2 Å². The zero-order valence-corrected chi connectivity index (χ0v) is 16.4. The van der Waals surface area contributed by atoms with Gasteiger partial charge in [-0.25, -0.2) is 9.59 Å². The Labute approximate surface area is 166 Å².